The smallest absolute Gasteiger partial charge is 0.336 e. The summed E-state index contributed by atoms with van der Waals surface area (Å²) >= 11 is 0. The lowest BCUT2D eigenvalue weighted by atomic mass is 10.0. The highest BCUT2D eigenvalue weighted by atomic mass is 16.5. The van der Waals surface area contributed by atoms with E-state index in [2.05, 4.69) is 15.3 Å². The molecule has 2 heterocycles. The van der Waals surface area contributed by atoms with Crippen LogP contribution in [0.25, 0.3) is 22.3 Å². The first-order valence-electron chi connectivity index (χ1n) is 8.82. The van der Waals surface area contributed by atoms with Crippen molar-refractivity contribution < 1.29 is 19.4 Å². The Morgan fingerprint density at radius 1 is 1.07 bits per heavy atom. The number of anilines is 1. The number of ether oxygens (including phenoxy) is 1. The third-order valence-electron chi connectivity index (χ3n) is 4.51. The van der Waals surface area contributed by atoms with Crippen LogP contribution >= 0.6 is 0 Å². The molecule has 144 valence electrons. The number of aromatic amines is 1. The average Bonchev–Trinajstić information content (AvgIpc) is 3.17. The third-order valence-corrected chi connectivity index (χ3v) is 4.51. The number of carboxylic acid groups (broad SMARTS) is 1. The molecular formula is C22H17N3O4. The summed E-state index contributed by atoms with van der Waals surface area (Å²) in [4.78, 5) is 31.4. The van der Waals surface area contributed by atoms with Crippen molar-refractivity contribution in [3.05, 3.63) is 78.0 Å². The van der Waals surface area contributed by atoms with Crippen molar-refractivity contribution >= 4 is 28.6 Å². The zero-order chi connectivity index (χ0) is 20.4. The molecule has 2 aromatic carbocycles. The topological polar surface area (TPSA) is 104 Å². The summed E-state index contributed by atoms with van der Waals surface area (Å²) in [6.07, 6.45) is 1.55. The van der Waals surface area contributed by atoms with Gasteiger partial charge in [-0.05, 0) is 42.5 Å². The van der Waals surface area contributed by atoms with Gasteiger partial charge in [-0.1, -0.05) is 18.2 Å². The van der Waals surface area contributed by atoms with Gasteiger partial charge in [-0.25, -0.2) is 9.78 Å². The molecule has 0 aliphatic carbocycles. The molecular weight excluding hydrogens is 370 g/mol. The molecule has 0 saturated carbocycles. The minimum Gasteiger partial charge on any atom is -0.497 e. The number of pyridine rings is 1. The highest BCUT2D eigenvalue weighted by Crippen LogP contribution is 2.30. The Kier molecular flexibility index (Phi) is 4.70. The van der Waals surface area contributed by atoms with Crippen molar-refractivity contribution in [2.45, 2.75) is 0 Å². The number of H-pyrrole nitrogens is 1. The summed E-state index contributed by atoms with van der Waals surface area (Å²) in [6, 6.07) is 17.2. The Labute approximate surface area is 166 Å². The molecule has 0 bridgehead atoms. The molecule has 3 N–H and O–H groups in total. The zero-order valence-electron chi connectivity index (χ0n) is 15.5. The van der Waals surface area contributed by atoms with E-state index in [-0.39, 0.29) is 11.5 Å². The number of hydrogen-bond acceptors (Lipinski definition) is 4. The molecule has 0 aliphatic rings. The van der Waals surface area contributed by atoms with Gasteiger partial charge in [0.05, 0.1) is 24.6 Å². The Hall–Kier alpha value is -4.13. The minimum atomic E-state index is -1.04. The van der Waals surface area contributed by atoms with Gasteiger partial charge >= 0.3 is 5.97 Å². The summed E-state index contributed by atoms with van der Waals surface area (Å²) in [5.41, 5.74) is 2.90. The quantitative estimate of drug-likeness (QED) is 0.476. The first-order valence-corrected chi connectivity index (χ1v) is 8.82. The monoisotopic (exact) mass is 387 g/mol. The standard InChI is InChI=1S/C22H17N3O4/c1-29-16-7-8-17(22(27)28)18(11-16)19-10-14-9-15(12-23-20(14)25-19)24-21(26)13-5-3-2-4-6-13/h2-12H,1H3,(H,23,25)(H,24,26)(H,27,28). The number of aromatic carboxylic acids is 1. The number of carboxylic acids is 1. The van der Waals surface area contributed by atoms with Crippen LogP contribution in [-0.4, -0.2) is 34.1 Å². The second-order valence-corrected chi connectivity index (χ2v) is 6.38. The number of nitrogens with one attached hydrogen (secondary N) is 2. The van der Waals surface area contributed by atoms with E-state index in [9.17, 15) is 14.7 Å². The van der Waals surface area contributed by atoms with Gasteiger partial charge in [0.1, 0.15) is 11.4 Å². The molecule has 4 rings (SSSR count). The number of fused-ring (bicyclic) bond motifs is 1. The second-order valence-electron chi connectivity index (χ2n) is 6.38. The van der Waals surface area contributed by atoms with Crippen LogP contribution in [0.1, 0.15) is 20.7 Å². The van der Waals surface area contributed by atoms with Crippen molar-refractivity contribution in [1.82, 2.24) is 9.97 Å². The predicted molar refractivity (Wildman–Crippen MR) is 109 cm³/mol. The van der Waals surface area contributed by atoms with Gasteiger partial charge in [-0.15, -0.1) is 0 Å². The van der Waals surface area contributed by atoms with Gasteiger partial charge in [0, 0.05) is 22.2 Å². The maximum Gasteiger partial charge on any atom is 0.336 e. The van der Waals surface area contributed by atoms with Crippen LogP contribution in [0.15, 0.2) is 66.9 Å². The van der Waals surface area contributed by atoms with Crippen LogP contribution in [0.3, 0.4) is 0 Å². The van der Waals surface area contributed by atoms with Gasteiger partial charge in [0.25, 0.3) is 5.91 Å². The van der Waals surface area contributed by atoms with Gasteiger partial charge < -0.3 is 20.1 Å². The van der Waals surface area contributed by atoms with Crippen molar-refractivity contribution in [1.29, 1.82) is 0 Å². The molecule has 0 radical (unpaired) electrons. The molecule has 0 saturated heterocycles. The van der Waals surface area contributed by atoms with Gasteiger partial charge in [0.2, 0.25) is 0 Å². The summed E-state index contributed by atoms with van der Waals surface area (Å²) in [6.45, 7) is 0. The number of aromatic nitrogens is 2. The maximum absolute atomic E-state index is 12.3. The summed E-state index contributed by atoms with van der Waals surface area (Å²) in [5.74, 6) is -0.721. The maximum atomic E-state index is 12.3. The first kappa shape index (κ1) is 18.2. The highest BCUT2D eigenvalue weighted by Gasteiger charge is 2.16. The molecule has 7 nitrogen and oxygen atoms in total. The normalized spacial score (nSPS) is 10.7. The van der Waals surface area contributed by atoms with Crippen LogP contribution in [0.4, 0.5) is 5.69 Å². The molecule has 0 fully saturated rings. The number of carbonyl (C=O) groups is 2. The lowest BCUT2D eigenvalue weighted by Gasteiger charge is -2.07. The van der Waals surface area contributed by atoms with E-state index in [0.29, 0.717) is 33.9 Å². The van der Waals surface area contributed by atoms with Crippen LogP contribution < -0.4 is 10.1 Å². The van der Waals surface area contributed by atoms with Crippen LogP contribution in [0, 0.1) is 0 Å². The van der Waals surface area contributed by atoms with Crippen molar-refractivity contribution in [3.63, 3.8) is 0 Å². The number of hydrogen-bond donors (Lipinski definition) is 3. The van der Waals surface area contributed by atoms with E-state index >= 15 is 0 Å². The minimum absolute atomic E-state index is 0.148. The lowest BCUT2D eigenvalue weighted by molar-refractivity contribution is 0.0697. The number of methoxy groups -OCH3 is 1. The van der Waals surface area contributed by atoms with Gasteiger partial charge in [-0.3, -0.25) is 4.79 Å². The third kappa shape index (κ3) is 3.66. The molecule has 4 aromatic rings. The lowest BCUT2D eigenvalue weighted by Crippen LogP contribution is -2.11. The molecule has 0 unspecified atom stereocenters. The Bertz CT molecular complexity index is 1220. The highest BCUT2D eigenvalue weighted by molar-refractivity contribution is 6.05. The van der Waals surface area contributed by atoms with E-state index in [0.717, 1.165) is 5.39 Å². The molecule has 0 aliphatic heterocycles. The number of benzene rings is 2. The summed E-state index contributed by atoms with van der Waals surface area (Å²) < 4.78 is 5.22. The number of nitrogens with zero attached hydrogens (tertiary/aromatic N) is 1. The van der Waals surface area contributed by atoms with Crippen molar-refractivity contribution in [2.24, 2.45) is 0 Å². The average molecular weight is 387 g/mol. The first-order chi connectivity index (χ1) is 14.0. The van der Waals surface area contributed by atoms with E-state index < -0.39 is 5.97 Å². The Morgan fingerprint density at radius 2 is 1.86 bits per heavy atom. The van der Waals surface area contributed by atoms with E-state index in [1.165, 1.54) is 13.2 Å². The molecule has 1 amide bonds. The van der Waals surface area contributed by atoms with Crippen LogP contribution in [0.2, 0.25) is 0 Å². The van der Waals surface area contributed by atoms with Crippen molar-refractivity contribution in [2.75, 3.05) is 12.4 Å². The number of carbonyl (C=O) groups excluding carboxylic acids is 1. The molecule has 7 heteroatoms. The number of rotatable bonds is 5. The van der Waals surface area contributed by atoms with Crippen molar-refractivity contribution in [3.8, 4) is 17.0 Å². The van der Waals surface area contributed by atoms with E-state index in [4.69, 9.17) is 4.74 Å². The van der Waals surface area contributed by atoms with Crippen LogP contribution in [-0.2, 0) is 0 Å². The van der Waals surface area contributed by atoms with Crippen LogP contribution in [0.5, 0.6) is 5.75 Å². The predicted octanol–water partition coefficient (Wildman–Crippen LogP) is 4.19. The Morgan fingerprint density at radius 3 is 2.59 bits per heavy atom. The molecule has 2 aromatic heterocycles. The molecule has 0 spiro atoms. The summed E-state index contributed by atoms with van der Waals surface area (Å²) in [5, 5.41) is 13.1. The van der Waals surface area contributed by atoms with E-state index in [1.54, 1.807) is 54.7 Å². The molecule has 29 heavy (non-hydrogen) atoms. The molecule has 0 atom stereocenters. The van der Waals surface area contributed by atoms with E-state index in [1.807, 2.05) is 6.07 Å². The fraction of sp³-hybridized carbons (Fsp3) is 0.0455. The fourth-order valence-corrected chi connectivity index (χ4v) is 3.08. The van der Waals surface area contributed by atoms with Gasteiger partial charge in [-0.2, -0.15) is 0 Å². The fourth-order valence-electron chi connectivity index (χ4n) is 3.08. The summed E-state index contributed by atoms with van der Waals surface area (Å²) in [7, 11) is 1.52. The Balaban J connectivity index is 1.69. The SMILES string of the molecule is COc1ccc(C(=O)O)c(-c2cc3cc(NC(=O)c4ccccc4)cnc3[nH]2)c1. The largest absolute Gasteiger partial charge is 0.497 e. The second kappa shape index (κ2) is 7.47. The zero-order valence-corrected chi connectivity index (χ0v) is 15.5. The number of amides is 1. The van der Waals surface area contributed by atoms with Gasteiger partial charge in [0.15, 0.2) is 0 Å².